The highest BCUT2D eigenvalue weighted by molar-refractivity contribution is 7.90. The number of carbonyl (C=O) groups excluding carboxylic acids is 1. The van der Waals surface area contributed by atoms with E-state index in [1.54, 1.807) is 23.3 Å². The standard InChI is InChI=1S/C15H22N4O3S/c1-11(16)12-4-6-18(7-5-12)15(20)13-2-3-14-17-23(21,22)9-8-19(14)10-13/h2-3,10-12H,4-9,16H2,1H3. The Morgan fingerprint density at radius 1 is 1.30 bits per heavy atom. The van der Waals surface area contributed by atoms with Gasteiger partial charge in [0.1, 0.15) is 5.84 Å². The van der Waals surface area contributed by atoms with Crippen molar-refractivity contribution in [2.75, 3.05) is 25.4 Å². The summed E-state index contributed by atoms with van der Waals surface area (Å²) in [6.45, 7) is 3.77. The molecule has 8 heteroatoms. The van der Waals surface area contributed by atoms with Crippen LogP contribution in [0, 0.1) is 5.92 Å². The molecule has 7 nitrogen and oxygen atoms in total. The fourth-order valence-corrected chi connectivity index (χ4v) is 4.11. The van der Waals surface area contributed by atoms with E-state index in [1.165, 1.54) is 0 Å². The Morgan fingerprint density at radius 2 is 2.00 bits per heavy atom. The fraction of sp³-hybridized carbons (Fsp3) is 0.600. The molecule has 1 atom stereocenters. The van der Waals surface area contributed by atoms with Gasteiger partial charge in [0.2, 0.25) is 0 Å². The SMILES string of the molecule is CC(N)C1CCN(C(=O)C2=CN3CCS(=O)(=O)N=C3C=C2)CC1. The number of sulfonamides is 1. The third-order valence-electron chi connectivity index (χ3n) is 4.64. The van der Waals surface area contributed by atoms with Crippen molar-refractivity contribution < 1.29 is 13.2 Å². The van der Waals surface area contributed by atoms with Gasteiger partial charge in [-0.05, 0) is 37.8 Å². The fourth-order valence-electron chi connectivity index (χ4n) is 3.14. The molecule has 126 valence electrons. The third-order valence-corrected chi connectivity index (χ3v) is 5.80. The predicted octanol–water partition coefficient (Wildman–Crippen LogP) is 0.0698. The van der Waals surface area contributed by atoms with E-state index >= 15 is 0 Å². The van der Waals surface area contributed by atoms with Gasteiger partial charge in [0.25, 0.3) is 15.9 Å². The van der Waals surface area contributed by atoms with Crippen LogP contribution >= 0.6 is 0 Å². The van der Waals surface area contributed by atoms with E-state index in [4.69, 9.17) is 5.73 Å². The zero-order chi connectivity index (χ0) is 16.6. The lowest BCUT2D eigenvalue weighted by Gasteiger charge is -2.35. The van der Waals surface area contributed by atoms with E-state index < -0.39 is 10.0 Å². The maximum Gasteiger partial charge on any atom is 0.256 e. The lowest BCUT2D eigenvalue weighted by atomic mass is 9.90. The quantitative estimate of drug-likeness (QED) is 0.769. The number of likely N-dealkylation sites (tertiary alicyclic amines) is 1. The number of hydrogen-bond acceptors (Lipinski definition) is 5. The molecule has 0 spiro atoms. The summed E-state index contributed by atoms with van der Waals surface area (Å²) in [5.41, 5.74) is 6.50. The first-order valence-corrected chi connectivity index (χ1v) is 9.51. The van der Waals surface area contributed by atoms with Crippen molar-refractivity contribution in [2.24, 2.45) is 16.0 Å². The van der Waals surface area contributed by atoms with Gasteiger partial charge in [-0.2, -0.15) is 0 Å². The Kier molecular flexibility index (Phi) is 4.29. The molecule has 23 heavy (non-hydrogen) atoms. The van der Waals surface area contributed by atoms with Crippen molar-refractivity contribution in [1.29, 1.82) is 0 Å². The summed E-state index contributed by atoms with van der Waals surface area (Å²) in [7, 11) is -3.37. The van der Waals surface area contributed by atoms with Gasteiger partial charge in [0, 0.05) is 31.9 Å². The molecular weight excluding hydrogens is 316 g/mol. The van der Waals surface area contributed by atoms with Crippen LogP contribution in [0.2, 0.25) is 0 Å². The maximum atomic E-state index is 12.6. The van der Waals surface area contributed by atoms with Crippen molar-refractivity contribution in [3.05, 3.63) is 23.9 Å². The van der Waals surface area contributed by atoms with Gasteiger partial charge in [-0.25, -0.2) is 8.42 Å². The number of nitrogens with zero attached hydrogens (tertiary/aromatic N) is 3. The Morgan fingerprint density at radius 3 is 2.65 bits per heavy atom. The molecule has 0 saturated carbocycles. The minimum Gasteiger partial charge on any atom is -0.339 e. The normalized spacial score (nSPS) is 25.5. The Balaban J connectivity index is 1.68. The van der Waals surface area contributed by atoms with Gasteiger partial charge >= 0.3 is 0 Å². The molecule has 3 aliphatic rings. The maximum absolute atomic E-state index is 12.6. The minimum atomic E-state index is -3.37. The smallest absolute Gasteiger partial charge is 0.256 e. The highest BCUT2D eigenvalue weighted by Crippen LogP contribution is 2.23. The average molecular weight is 338 g/mol. The molecule has 3 aliphatic heterocycles. The van der Waals surface area contributed by atoms with E-state index in [1.807, 2.05) is 11.8 Å². The van der Waals surface area contributed by atoms with Gasteiger partial charge < -0.3 is 15.5 Å². The minimum absolute atomic E-state index is 0.0168. The number of nitrogens with two attached hydrogens (primary N) is 1. The van der Waals surface area contributed by atoms with Crippen molar-refractivity contribution in [2.45, 2.75) is 25.8 Å². The molecule has 2 N–H and O–H groups in total. The second kappa shape index (κ2) is 6.09. The number of fused-ring (bicyclic) bond motifs is 1. The first-order valence-electron chi connectivity index (χ1n) is 7.90. The summed E-state index contributed by atoms with van der Waals surface area (Å²) in [6, 6.07) is 0.162. The summed E-state index contributed by atoms with van der Waals surface area (Å²) in [5.74, 6) is 0.809. The molecule has 1 unspecified atom stereocenters. The van der Waals surface area contributed by atoms with Crippen LogP contribution in [0.1, 0.15) is 19.8 Å². The molecule has 1 saturated heterocycles. The first kappa shape index (κ1) is 16.2. The molecule has 1 fully saturated rings. The van der Waals surface area contributed by atoms with Crippen LogP contribution in [0.15, 0.2) is 28.3 Å². The zero-order valence-electron chi connectivity index (χ0n) is 13.2. The zero-order valence-corrected chi connectivity index (χ0v) is 14.0. The summed E-state index contributed by atoms with van der Waals surface area (Å²) in [4.78, 5) is 16.2. The number of carbonyl (C=O) groups is 1. The van der Waals surface area contributed by atoms with Crippen molar-refractivity contribution in [3.8, 4) is 0 Å². The second-order valence-corrected chi connectivity index (χ2v) is 8.09. The van der Waals surface area contributed by atoms with Crippen LogP contribution in [0.4, 0.5) is 0 Å². The number of amidine groups is 1. The molecule has 3 rings (SSSR count). The number of hydrogen-bond donors (Lipinski definition) is 1. The highest BCUT2D eigenvalue weighted by Gasteiger charge is 2.29. The van der Waals surface area contributed by atoms with Gasteiger partial charge in [0.15, 0.2) is 0 Å². The summed E-state index contributed by atoms with van der Waals surface area (Å²) >= 11 is 0. The Hall–Kier alpha value is -1.67. The van der Waals surface area contributed by atoms with Gasteiger partial charge in [-0.3, -0.25) is 4.79 Å². The molecule has 0 aliphatic carbocycles. The topological polar surface area (TPSA) is 96.1 Å². The highest BCUT2D eigenvalue weighted by atomic mass is 32.2. The number of piperidine rings is 1. The Bertz CT molecular complexity index is 686. The van der Waals surface area contributed by atoms with E-state index in [0.29, 0.717) is 37.0 Å². The van der Waals surface area contributed by atoms with E-state index in [-0.39, 0.29) is 17.7 Å². The van der Waals surface area contributed by atoms with Crippen LogP contribution in [-0.4, -0.2) is 61.4 Å². The van der Waals surface area contributed by atoms with Crippen LogP contribution in [0.25, 0.3) is 0 Å². The van der Waals surface area contributed by atoms with Crippen LogP contribution in [-0.2, 0) is 14.8 Å². The molecular formula is C15H22N4O3S. The lowest BCUT2D eigenvalue weighted by Crippen LogP contribution is -2.44. The second-order valence-electron chi connectivity index (χ2n) is 6.34. The summed E-state index contributed by atoms with van der Waals surface area (Å²) in [5, 5.41) is 0. The number of rotatable bonds is 2. The largest absolute Gasteiger partial charge is 0.339 e. The molecule has 0 radical (unpaired) electrons. The molecule has 0 bridgehead atoms. The lowest BCUT2D eigenvalue weighted by molar-refractivity contribution is -0.128. The van der Waals surface area contributed by atoms with Crippen LogP contribution < -0.4 is 5.73 Å². The van der Waals surface area contributed by atoms with Gasteiger partial charge in [-0.15, -0.1) is 4.40 Å². The summed E-state index contributed by atoms with van der Waals surface area (Å²) < 4.78 is 26.7. The van der Waals surface area contributed by atoms with Gasteiger partial charge in [-0.1, -0.05) is 0 Å². The molecule has 0 aromatic heterocycles. The Labute approximate surface area is 136 Å². The first-order chi connectivity index (χ1) is 10.9. The van der Waals surface area contributed by atoms with Crippen LogP contribution in [0.3, 0.4) is 0 Å². The van der Waals surface area contributed by atoms with E-state index in [9.17, 15) is 13.2 Å². The van der Waals surface area contributed by atoms with Crippen LogP contribution in [0.5, 0.6) is 0 Å². The number of amides is 1. The van der Waals surface area contributed by atoms with Crippen molar-refractivity contribution in [1.82, 2.24) is 9.80 Å². The molecule has 0 aromatic rings. The van der Waals surface area contributed by atoms with Crippen molar-refractivity contribution >= 4 is 21.8 Å². The summed E-state index contributed by atoms with van der Waals surface area (Å²) in [6.07, 6.45) is 6.80. The molecule has 1 amide bonds. The average Bonchev–Trinajstić information content (AvgIpc) is 2.53. The van der Waals surface area contributed by atoms with E-state index in [2.05, 4.69) is 4.40 Å². The molecule has 3 heterocycles. The third kappa shape index (κ3) is 3.48. The van der Waals surface area contributed by atoms with Gasteiger partial charge in [0.05, 0.1) is 11.3 Å². The predicted molar refractivity (Wildman–Crippen MR) is 88.1 cm³/mol. The monoisotopic (exact) mass is 338 g/mol. The molecule has 0 aromatic carbocycles. The van der Waals surface area contributed by atoms with E-state index in [0.717, 1.165) is 12.8 Å². The van der Waals surface area contributed by atoms with Crippen molar-refractivity contribution in [3.63, 3.8) is 0 Å².